The number of hydrogen-bond acceptors (Lipinski definition) is 4. The third kappa shape index (κ3) is 4.08. The lowest BCUT2D eigenvalue weighted by molar-refractivity contribution is -0.131. The van der Waals surface area contributed by atoms with Crippen molar-refractivity contribution in [1.82, 2.24) is 0 Å². The minimum atomic E-state index is -1.35. The van der Waals surface area contributed by atoms with E-state index >= 15 is 0 Å². The number of anilines is 1. The van der Waals surface area contributed by atoms with Crippen molar-refractivity contribution in [3.63, 3.8) is 0 Å². The highest BCUT2D eigenvalue weighted by Crippen LogP contribution is 2.29. The molecule has 1 aromatic rings. The van der Waals surface area contributed by atoms with Crippen molar-refractivity contribution in [3.05, 3.63) is 29.2 Å². The summed E-state index contributed by atoms with van der Waals surface area (Å²) in [6.07, 6.45) is 0.946. The average molecular weight is 274 g/mol. The Morgan fingerprint density at radius 2 is 2.20 bits per heavy atom. The van der Waals surface area contributed by atoms with Crippen molar-refractivity contribution in [1.29, 1.82) is 0 Å². The van der Waals surface area contributed by atoms with Gasteiger partial charge in [-0.25, -0.2) is 4.79 Å². The third-order valence-corrected chi connectivity index (χ3v) is 2.19. The van der Waals surface area contributed by atoms with Gasteiger partial charge in [0.05, 0.1) is 24.1 Å². The molecule has 1 amide bonds. The first kappa shape index (κ1) is 15.1. The van der Waals surface area contributed by atoms with Crippen molar-refractivity contribution in [2.24, 2.45) is 4.99 Å². The zero-order chi connectivity index (χ0) is 15.1. The van der Waals surface area contributed by atoms with Gasteiger partial charge < -0.3 is 20.6 Å². The number of carboxylic acids is 1. The number of carbonyl (C=O) groups excluding carboxylic acids is 1. The molecule has 104 valence electrons. The molecule has 0 aliphatic carbocycles. The van der Waals surface area contributed by atoms with Crippen LogP contribution in [0.5, 0.6) is 5.75 Å². The molecule has 0 aromatic heterocycles. The van der Waals surface area contributed by atoms with Crippen molar-refractivity contribution < 1.29 is 19.4 Å². The largest absolute Gasteiger partial charge is 0.763 e. The summed E-state index contributed by atoms with van der Waals surface area (Å²) >= 11 is 0. The van der Waals surface area contributed by atoms with Gasteiger partial charge in [0.1, 0.15) is 5.75 Å². The van der Waals surface area contributed by atoms with E-state index in [0.717, 1.165) is 6.21 Å². The normalized spacial score (nSPS) is 9.90. The molecule has 0 saturated carbocycles. The molecule has 0 saturated heterocycles. The van der Waals surface area contributed by atoms with Gasteiger partial charge >= 0.3 is 5.97 Å². The predicted molar refractivity (Wildman–Crippen MR) is 75.0 cm³/mol. The van der Waals surface area contributed by atoms with E-state index in [2.05, 4.69) is 10.3 Å². The molecule has 0 heterocycles. The van der Waals surface area contributed by atoms with E-state index in [1.807, 2.05) is 0 Å². The number of ether oxygens (including phenoxy) is 1. The number of hydrogen-bond donors (Lipinski definition) is 2. The maximum atomic E-state index is 11.1. The molecule has 20 heavy (non-hydrogen) atoms. The van der Waals surface area contributed by atoms with Crippen LogP contribution in [0.3, 0.4) is 0 Å². The van der Waals surface area contributed by atoms with Crippen LogP contribution in [0, 0.1) is 0 Å². The Kier molecular flexibility index (Phi) is 5.20. The number of amides is 1. The van der Waals surface area contributed by atoms with Gasteiger partial charge in [-0.05, 0) is 18.2 Å². The van der Waals surface area contributed by atoms with Crippen molar-refractivity contribution in [2.45, 2.75) is 6.92 Å². The zero-order valence-corrected chi connectivity index (χ0v) is 10.9. The van der Waals surface area contributed by atoms with E-state index in [-0.39, 0.29) is 5.91 Å². The fourth-order valence-corrected chi connectivity index (χ4v) is 1.33. The highest BCUT2D eigenvalue weighted by Gasteiger charge is 2.06. The van der Waals surface area contributed by atoms with E-state index in [4.69, 9.17) is 15.3 Å². The molecule has 1 rings (SSSR count). The van der Waals surface area contributed by atoms with Crippen LogP contribution < -0.4 is 10.1 Å². The molecule has 0 aliphatic rings. The molecule has 7 heteroatoms. The number of carbonyl (C=O) groups is 2. The number of aliphatic carboxylic acids is 1. The quantitative estimate of drug-likeness (QED) is 0.627. The van der Waals surface area contributed by atoms with Crippen LogP contribution in [-0.4, -0.2) is 36.2 Å². The first-order chi connectivity index (χ1) is 9.47. The Morgan fingerprint density at radius 1 is 1.50 bits per heavy atom. The highest BCUT2D eigenvalue weighted by atomic mass is 16.5. The van der Waals surface area contributed by atoms with Gasteiger partial charge in [-0.2, -0.15) is 0 Å². The molecule has 0 bridgehead atoms. The number of nitrogens with one attached hydrogen (secondary N) is 1. The number of aliphatic imine (C=N–C) groups is 1. The second kappa shape index (κ2) is 6.86. The molecule has 0 aliphatic heterocycles. The SMILES string of the molecule is COc1ccc(N=CC(=C=[N-])C(=O)O)cc1NC(C)=O. The molecular weight excluding hydrogens is 262 g/mol. The molecule has 0 fully saturated rings. The van der Waals surface area contributed by atoms with E-state index in [1.165, 1.54) is 26.0 Å². The standard InChI is InChI=1S/C13H12N3O4/c1-8(17)16-11-5-10(3-4-12(11)20-2)15-7-9(6-14)13(18)19/h3-5,7H,1-2H3,(H,16,17)(H,18,19)/q-1. The Labute approximate surface area is 115 Å². The Bertz CT molecular complexity index is 616. The molecule has 0 spiro atoms. The van der Waals surface area contributed by atoms with Crippen LogP contribution >= 0.6 is 0 Å². The summed E-state index contributed by atoms with van der Waals surface area (Å²) in [5.74, 6) is 0.327. The number of benzene rings is 1. The molecule has 0 radical (unpaired) electrons. The summed E-state index contributed by atoms with van der Waals surface area (Å²) in [4.78, 5) is 25.6. The fraction of sp³-hybridized carbons (Fsp3) is 0.154. The van der Waals surface area contributed by atoms with Gasteiger partial charge in [-0.15, -0.1) is 0 Å². The predicted octanol–water partition coefficient (Wildman–Crippen LogP) is 1.61. The minimum Gasteiger partial charge on any atom is -0.763 e. The Morgan fingerprint density at radius 3 is 2.70 bits per heavy atom. The first-order valence-corrected chi connectivity index (χ1v) is 5.48. The summed E-state index contributed by atoms with van der Waals surface area (Å²) in [6, 6.07) is 4.65. The van der Waals surface area contributed by atoms with Crippen LogP contribution in [0.15, 0.2) is 28.8 Å². The van der Waals surface area contributed by atoms with Crippen LogP contribution in [0.1, 0.15) is 6.92 Å². The molecular formula is C13H12N3O4-. The van der Waals surface area contributed by atoms with E-state index in [0.29, 0.717) is 17.1 Å². The molecule has 2 N–H and O–H groups in total. The van der Waals surface area contributed by atoms with E-state index < -0.39 is 11.5 Å². The van der Waals surface area contributed by atoms with Gasteiger partial charge in [0, 0.05) is 13.1 Å². The Hall–Kier alpha value is -2.92. The summed E-state index contributed by atoms with van der Waals surface area (Å²) < 4.78 is 5.07. The van der Waals surface area contributed by atoms with Gasteiger partial charge in [-0.3, -0.25) is 15.7 Å². The van der Waals surface area contributed by atoms with Gasteiger partial charge in [0.2, 0.25) is 5.91 Å². The lowest BCUT2D eigenvalue weighted by Crippen LogP contribution is -2.07. The monoisotopic (exact) mass is 274 g/mol. The van der Waals surface area contributed by atoms with Crippen molar-refractivity contribution >= 4 is 35.3 Å². The van der Waals surface area contributed by atoms with E-state index in [9.17, 15) is 9.59 Å². The highest BCUT2D eigenvalue weighted by molar-refractivity contribution is 6.17. The Balaban J connectivity index is 3.09. The van der Waals surface area contributed by atoms with Crippen molar-refractivity contribution in [3.8, 4) is 5.75 Å². The summed E-state index contributed by atoms with van der Waals surface area (Å²) in [7, 11) is 1.45. The number of methoxy groups -OCH3 is 1. The van der Waals surface area contributed by atoms with Crippen LogP contribution in [-0.2, 0) is 9.59 Å². The van der Waals surface area contributed by atoms with Crippen molar-refractivity contribution in [2.75, 3.05) is 12.4 Å². The second-order valence-electron chi connectivity index (χ2n) is 3.65. The summed E-state index contributed by atoms with van der Waals surface area (Å²) in [5.41, 5.74) is 0.300. The molecule has 1 aromatic carbocycles. The molecule has 0 atom stereocenters. The number of rotatable bonds is 5. The minimum absolute atomic E-state index is 0.278. The smallest absolute Gasteiger partial charge is 0.343 e. The summed E-state index contributed by atoms with van der Waals surface area (Å²) in [6.45, 7) is 1.35. The van der Waals surface area contributed by atoms with Crippen LogP contribution in [0.2, 0.25) is 0 Å². The van der Waals surface area contributed by atoms with Crippen LogP contribution in [0.4, 0.5) is 11.4 Å². The average Bonchev–Trinajstić information content (AvgIpc) is 2.38. The number of nitrogens with zero attached hydrogens (tertiary/aromatic N) is 2. The lowest BCUT2D eigenvalue weighted by Gasteiger charge is -2.09. The van der Waals surface area contributed by atoms with Gasteiger partial charge in [0.15, 0.2) is 0 Å². The molecule has 0 unspecified atom stereocenters. The zero-order valence-electron chi connectivity index (χ0n) is 10.9. The lowest BCUT2D eigenvalue weighted by atomic mass is 10.2. The fourth-order valence-electron chi connectivity index (χ4n) is 1.33. The number of carboxylic acid groups (broad SMARTS) is 1. The van der Waals surface area contributed by atoms with Gasteiger partial charge in [-0.1, -0.05) is 0 Å². The van der Waals surface area contributed by atoms with Crippen LogP contribution in [0.25, 0.3) is 5.41 Å². The maximum absolute atomic E-state index is 11.1. The first-order valence-electron chi connectivity index (χ1n) is 5.48. The van der Waals surface area contributed by atoms with E-state index in [1.54, 1.807) is 12.1 Å². The molecule has 7 nitrogen and oxygen atoms in total. The topological polar surface area (TPSA) is 110 Å². The summed E-state index contributed by atoms with van der Waals surface area (Å²) in [5, 5.41) is 19.8. The maximum Gasteiger partial charge on any atom is 0.343 e. The second-order valence-corrected chi connectivity index (χ2v) is 3.65. The van der Waals surface area contributed by atoms with Gasteiger partial charge in [0.25, 0.3) is 0 Å². The third-order valence-electron chi connectivity index (χ3n) is 2.19.